The summed E-state index contributed by atoms with van der Waals surface area (Å²) >= 11 is 6.65. The molecule has 1 heterocycles. The smallest absolute Gasteiger partial charge is 0.250 e. The third-order valence-corrected chi connectivity index (χ3v) is 5.97. The van der Waals surface area contributed by atoms with Crippen molar-refractivity contribution in [1.29, 1.82) is 0 Å². The second-order valence-corrected chi connectivity index (χ2v) is 8.35. The van der Waals surface area contributed by atoms with Crippen LogP contribution < -0.4 is 10.0 Å². The summed E-state index contributed by atoms with van der Waals surface area (Å²) in [6.07, 6.45) is 0. The molecule has 2 N–H and O–H groups in total. The molecule has 0 aliphatic heterocycles. The van der Waals surface area contributed by atoms with Gasteiger partial charge in [-0.1, -0.05) is 41.4 Å². The van der Waals surface area contributed by atoms with E-state index in [9.17, 15) is 13.2 Å². The molecule has 1 aromatic carbocycles. The van der Waals surface area contributed by atoms with Gasteiger partial charge in [-0.05, 0) is 24.6 Å². The normalized spacial score (nSPS) is 11.4. The highest BCUT2D eigenvalue weighted by Gasteiger charge is 2.17. The van der Waals surface area contributed by atoms with Gasteiger partial charge in [0.2, 0.25) is 5.91 Å². The number of carbonyl (C=O) groups is 1. The first-order valence-electron chi connectivity index (χ1n) is 6.44. The quantitative estimate of drug-likeness (QED) is 0.832. The van der Waals surface area contributed by atoms with Gasteiger partial charge in [-0.25, -0.2) is 13.1 Å². The van der Waals surface area contributed by atoms with Crippen LogP contribution in [-0.4, -0.2) is 20.9 Å². The highest BCUT2D eigenvalue weighted by molar-refractivity contribution is 7.91. The Labute approximate surface area is 138 Å². The molecule has 0 saturated heterocycles. The van der Waals surface area contributed by atoms with Crippen molar-refractivity contribution in [3.63, 3.8) is 0 Å². The van der Waals surface area contributed by atoms with Crippen LogP contribution in [0.2, 0.25) is 4.34 Å². The van der Waals surface area contributed by atoms with E-state index in [0.717, 1.165) is 22.5 Å². The molecule has 8 heteroatoms. The fourth-order valence-electron chi connectivity index (χ4n) is 1.64. The molecule has 0 saturated carbocycles. The minimum atomic E-state index is -3.70. The van der Waals surface area contributed by atoms with E-state index in [1.807, 2.05) is 31.2 Å². The Kier molecular flexibility index (Phi) is 5.57. The summed E-state index contributed by atoms with van der Waals surface area (Å²) in [5.41, 5.74) is 2.09. The van der Waals surface area contributed by atoms with Gasteiger partial charge in [-0.3, -0.25) is 4.79 Å². The third-order valence-electron chi connectivity index (χ3n) is 2.85. The standard InChI is InChI=1S/C14H15ClN2O3S2/c1-10-2-4-11(5-3-10)8-16-13(18)9-17-22(19,20)14-7-6-12(15)21-14/h2-7,17H,8-9H2,1H3,(H,16,18). The van der Waals surface area contributed by atoms with Crippen LogP contribution in [0.25, 0.3) is 0 Å². The zero-order valence-corrected chi connectivity index (χ0v) is 14.2. The lowest BCUT2D eigenvalue weighted by atomic mass is 10.1. The predicted molar refractivity (Wildman–Crippen MR) is 87.5 cm³/mol. The van der Waals surface area contributed by atoms with Crippen molar-refractivity contribution in [3.05, 3.63) is 51.9 Å². The van der Waals surface area contributed by atoms with E-state index >= 15 is 0 Å². The first-order valence-corrected chi connectivity index (χ1v) is 9.12. The number of thiophene rings is 1. The van der Waals surface area contributed by atoms with Gasteiger partial charge in [-0.15, -0.1) is 11.3 Å². The zero-order chi connectivity index (χ0) is 16.2. The highest BCUT2D eigenvalue weighted by atomic mass is 35.5. The largest absolute Gasteiger partial charge is 0.351 e. The summed E-state index contributed by atoms with van der Waals surface area (Å²) in [6.45, 7) is 2.02. The lowest BCUT2D eigenvalue weighted by Gasteiger charge is -2.07. The SMILES string of the molecule is Cc1ccc(CNC(=O)CNS(=O)(=O)c2ccc(Cl)s2)cc1. The number of carbonyl (C=O) groups excluding carboxylic acids is 1. The first kappa shape index (κ1) is 17.0. The van der Waals surface area contributed by atoms with E-state index in [4.69, 9.17) is 11.6 Å². The van der Waals surface area contributed by atoms with Crippen LogP contribution in [-0.2, 0) is 21.4 Å². The van der Waals surface area contributed by atoms with Gasteiger partial charge in [0.15, 0.2) is 0 Å². The first-order chi connectivity index (χ1) is 10.4. The van der Waals surface area contributed by atoms with Gasteiger partial charge in [0.25, 0.3) is 10.0 Å². The second-order valence-electron chi connectivity index (χ2n) is 4.65. The molecule has 2 aromatic rings. The molecule has 0 spiro atoms. The molecule has 118 valence electrons. The van der Waals surface area contributed by atoms with E-state index in [2.05, 4.69) is 10.0 Å². The Bertz CT molecular complexity index is 755. The molecule has 0 aliphatic carbocycles. The lowest BCUT2D eigenvalue weighted by molar-refractivity contribution is -0.120. The molecular formula is C14H15ClN2O3S2. The van der Waals surface area contributed by atoms with E-state index in [1.54, 1.807) is 0 Å². The highest BCUT2D eigenvalue weighted by Crippen LogP contribution is 2.25. The molecule has 5 nitrogen and oxygen atoms in total. The minimum Gasteiger partial charge on any atom is -0.351 e. The van der Waals surface area contributed by atoms with Gasteiger partial charge < -0.3 is 5.32 Å². The summed E-state index contributed by atoms with van der Waals surface area (Å²) in [5.74, 6) is -0.396. The van der Waals surface area contributed by atoms with Crippen LogP contribution >= 0.6 is 22.9 Å². The Morgan fingerprint density at radius 1 is 1.18 bits per heavy atom. The summed E-state index contributed by atoms with van der Waals surface area (Å²) in [5, 5.41) is 2.66. The maximum Gasteiger partial charge on any atom is 0.250 e. The number of rotatable bonds is 6. The van der Waals surface area contributed by atoms with E-state index < -0.39 is 15.9 Å². The molecule has 0 unspecified atom stereocenters. The Balaban J connectivity index is 1.83. The molecular weight excluding hydrogens is 344 g/mol. The van der Waals surface area contributed by atoms with Crippen molar-refractivity contribution in [1.82, 2.24) is 10.0 Å². The predicted octanol–water partition coefficient (Wildman–Crippen LogP) is 2.30. The van der Waals surface area contributed by atoms with Crippen LogP contribution in [0, 0.1) is 6.92 Å². The summed E-state index contributed by atoms with van der Waals surface area (Å²) in [6, 6.07) is 10.6. The summed E-state index contributed by atoms with van der Waals surface area (Å²) < 4.78 is 26.6. The van der Waals surface area contributed by atoms with Crippen LogP contribution in [0.5, 0.6) is 0 Å². The van der Waals surface area contributed by atoms with Gasteiger partial charge in [0, 0.05) is 6.54 Å². The number of amides is 1. The molecule has 0 bridgehead atoms. The van der Waals surface area contributed by atoms with E-state index in [1.165, 1.54) is 12.1 Å². The van der Waals surface area contributed by atoms with Crippen molar-refractivity contribution in [2.45, 2.75) is 17.7 Å². The summed E-state index contributed by atoms with van der Waals surface area (Å²) in [4.78, 5) is 11.7. The maximum atomic E-state index is 11.9. The average molecular weight is 359 g/mol. The van der Waals surface area contributed by atoms with Crippen LogP contribution in [0.3, 0.4) is 0 Å². The zero-order valence-electron chi connectivity index (χ0n) is 11.8. The molecule has 0 atom stereocenters. The van der Waals surface area contributed by atoms with Gasteiger partial charge in [0.05, 0.1) is 10.9 Å². The molecule has 22 heavy (non-hydrogen) atoms. The molecule has 0 radical (unpaired) electrons. The van der Waals surface area contributed by atoms with Crippen molar-refractivity contribution in [3.8, 4) is 0 Å². The second kappa shape index (κ2) is 7.23. The number of halogens is 1. The van der Waals surface area contributed by atoms with E-state index in [-0.39, 0.29) is 10.8 Å². The lowest BCUT2D eigenvalue weighted by Crippen LogP contribution is -2.36. The molecule has 1 amide bonds. The van der Waals surface area contributed by atoms with Gasteiger partial charge >= 0.3 is 0 Å². The number of sulfonamides is 1. The Morgan fingerprint density at radius 3 is 2.45 bits per heavy atom. The molecule has 0 fully saturated rings. The molecule has 0 aliphatic rings. The number of hydrogen-bond acceptors (Lipinski definition) is 4. The maximum absolute atomic E-state index is 11.9. The fourth-order valence-corrected chi connectivity index (χ4v) is 4.15. The summed E-state index contributed by atoms with van der Waals surface area (Å²) in [7, 11) is -3.70. The molecule has 2 rings (SSSR count). The van der Waals surface area contributed by atoms with Crippen LogP contribution in [0.1, 0.15) is 11.1 Å². The van der Waals surface area contributed by atoms with Crippen LogP contribution in [0.4, 0.5) is 0 Å². The van der Waals surface area contributed by atoms with Crippen molar-refractivity contribution < 1.29 is 13.2 Å². The fraction of sp³-hybridized carbons (Fsp3) is 0.214. The van der Waals surface area contributed by atoms with Gasteiger partial charge in [0.1, 0.15) is 4.21 Å². The van der Waals surface area contributed by atoms with E-state index in [0.29, 0.717) is 10.9 Å². The molecule has 1 aromatic heterocycles. The monoisotopic (exact) mass is 358 g/mol. The van der Waals surface area contributed by atoms with Crippen molar-refractivity contribution in [2.75, 3.05) is 6.54 Å². The van der Waals surface area contributed by atoms with Crippen molar-refractivity contribution in [2.24, 2.45) is 0 Å². The van der Waals surface area contributed by atoms with Crippen LogP contribution in [0.15, 0.2) is 40.6 Å². The Hall–Kier alpha value is -1.41. The number of aryl methyl sites for hydroxylation is 1. The third kappa shape index (κ3) is 4.81. The number of hydrogen-bond donors (Lipinski definition) is 2. The Morgan fingerprint density at radius 2 is 1.86 bits per heavy atom. The number of nitrogens with one attached hydrogen (secondary N) is 2. The average Bonchev–Trinajstić information content (AvgIpc) is 2.92. The van der Waals surface area contributed by atoms with Gasteiger partial charge in [-0.2, -0.15) is 0 Å². The van der Waals surface area contributed by atoms with Crippen molar-refractivity contribution >= 4 is 38.9 Å². The topological polar surface area (TPSA) is 75.3 Å². The minimum absolute atomic E-state index is 0.0869. The number of benzene rings is 1.